The second-order valence-corrected chi connectivity index (χ2v) is 5.82. The number of ether oxygens (including phenoxy) is 1. The van der Waals surface area contributed by atoms with Gasteiger partial charge in [0.15, 0.2) is 5.82 Å². The third-order valence-electron chi connectivity index (χ3n) is 3.73. The lowest BCUT2D eigenvalue weighted by Crippen LogP contribution is -2.44. The van der Waals surface area contributed by atoms with Crippen LogP contribution < -0.4 is 10.1 Å². The minimum Gasteiger partial charge on any atom is -0.490 e. The summed E-state index contributed by atoms with van der Waals surface area (Å²) < 4.78 is 11.3. The quantitative estimate of drug-likeness (QED) is 0.933. The van der Waals surface area contributed by atoms with Gasteiger partial charge in [-0.25, -0.2) is 0 Å². The molecule has 2 aromatic rings. The van der Waals surface area contributed by atoms with Crippen molar-refractivity contribution in [3.05, 3.63) is 30.1 Å². The SMILES string of the molecule is CC(C)Oc1ccccc1-c1nc(C2CNCCN2C)no1. The zero-order chi connectivity index (χ0) is 15.5. The monoisotopic (exact) mass is 302 g/mol. The maximum Gasteiger partial charge on any atom is 0.261 e. The Morgan fingerprint density at radius 3 is 2.95 bits per heavy atom. The molecule has 0 aliphatic carbocycles. The van der Waals surface area contributed by atoms with Gasteiger partial charge in [0.2, 0.25) is 0 Å². The van der Waals surface area contributed by atoms with E-state index in [1.165, 1.54) is 0 Å². The molecule has 2 heterocycles. The summed E-state index contributed by atoms with van der Waals surface area (Å²) in [4.78, 5) is 6.82. The van der Waals surface area contributed by atoms with Gasteiger partial charge in [0.25, 0.3) is 5.89 Å². The standard InChI is InChI=1S/C16H22N4O2/c1-11(2)21-14-7-5-4-6-12(14)16-18-15(19-22-16)13-10-17-8-9-20(13)3/h4-7,11,13,17H,8-10H2,1-3H3. The third kappa shape index (κ3) is 3.13. The van der Waals surface area contributed by atoms with E-state index in [2.05, 4.69) is 27.4 Å². The van der Waals surface area contributed by atoms with Crippen LogP contribution in [0.25, 0.3) is 11.5 Å². The highest BCUT2D eigenvalue weighted by Gasteiger charge is 2.26. The van der Waals surface area contributed by atoms with Crippen molar-refractivity contribution in [3.8, 4) is 17.2 Å². The van der Waals surface area contributed by atoms with Gasteiger partial charge < -0.3 is 14.6 Å². The molecule has 1 saturated heterocycles. The van der Waals surface area contributed by atoms with Crippen LogP contribution in [0, 0.1) is 0 Å². The lowest BCUT2D eigenvalue weighted by Gasteiger charge is -2.30. The predicted molar refractivity (Wildman–Crippen MR) is 83.7 cm³/mol. The zero-order valence-corrected chi connectivity index (χ0v) is 13.2. The fourth-order valence-corrected chi connectivity index (χ4v) is 2.57. The number of nitrogens with zero attached hydrogens (tertiary/aromatic N) is 3. The molecular formula is C16H22N4O2. The molecule has 1 aromatic heterocycles. The Morgan fingerprint density at radius 2 is 2.18 bits per heavy atom. The molecule has 1 aromatic carbocycles. The number of hydrogen-bond acceptors (Lipinski definition) is 6. The van der Waals surface area contributed by atoms with Gasteiger partial charge in [-0.3, -0.25) is 4.90 Å². The molecule has 6 heteroatoms. The van der Waals surface area contributed by atoms with E-state index >= 15 is 0 Å². The number of piperazine rings is 1. The van der Waals surface area contributed by atoms with Gasteiger partial charge in [-0.05, 0) is 33.0 Å². The van der Waals surface area contributed by atoms with E-state index in [0.29, 0.717) is 11.7 Å². The van der Waals surface area contributed by atoms with E-state index in [1.807, 2.05) is 38.1 Å². The van der Waals surface area contributed by atoms with Gasteiger partial charge >= 0.3 is 0 Å². The summed E-state index contributed by atoms with van der Waals surface area (Å²) >= 11 is 0. The van der Waals surface area contributed by atoms with Crippen molar-refractivity contribution < 1.29 is 9.26 Å². The summed E-state index contributed by atoms with van der Waals surface area (Å²) in [6, 6.07) is 7.90. The summed E-state index contributed by atoms with van der Waals surface area (Å²) in [6.07, 6.45) is 0.0946. The molecule has 0 saturated carbocycles. The minimum atomic E-state index is 0.0946. The molecule has 0 amide bonds. The molecule has 0 radical (unpaired) electrons. The Morgan fingerprint density at radius 1 is 1.36 bits per heavy atom. The van der Waals surface area contributed by atoms with E-state index in [9.17, 15) is 0 Å². The van der Waals surface area contributed by atoms with Crippen LogP contribution in [-0.4, -0.2) is 47.8 Å². The summed E-state index contributed by atoms with van der Waals surface area (Å²) in [5.41, 5.74) is 0.835. The maximum atomic E-state index is 5.83. The van der Waals surface area contributed by atoms with Crippen LogP contribution in [0.15, 0.2) is 28.8 Å². The lowest BCUT2D eigenvalue weighted by atomic mass is 10.2. The van der Waals surface area contributed by atoms with Gasteiger partial charge in [-0.15, -0.1) is 0 Å². The topological polar surface area (TPSA) is 63.4 Å². The van der Waals surface area contributed by atoms with Gasteiger partial charge in [0, 0.05) is 19.6 Å². The molecule has 1 unspecified atom stereocenters. The van der Waals surface area contributed by atoms with Crippen molar-refractivity contribution in [1.29, 1.82) is 0 Å². The van der Waals surface area contributed by atoms with Crippen molar-refractivity contribution in [3.63, 3.8) is 0 Å². The van der Waals surface area contributed by atoms with Gasteiger partial charge in [0.05, 0.1) is 17.7 Å². The number of para-hydroxylation sites is 1. The number of benzene rings is 1. The molecule has 1 aliphatic heterocycles. The first kappa shape index (κ1) is 15.0. The number of likely N-dealkylation sites (N-methyl/N-ethyl adjacent to an activating group) is 1. The minimum absolute atomic E-state index is 0.0946. The Balaban J connectivity index is 1.87. The Labute approximate surface area is 130 Å². The highest BCUT2D eigenvalue weighted by atomic mass is 16.5. The fourth-order valence-electron chi connectivity index (χ4n) is 2.57. The van der Waals surface area contributed by atoms with Crippen LogP contribution in [0.2, 0.25) is 0 Å². The second-order valence-electron chi connectivity index (χ2n) is 5.82. The fraction of sp³-hybridized carbons (Fsp3) is 0.500. The summed E-state index contributed by atoms with van der Waals surface area (Å²) in [5.74, 6) is 1.98. The lowest BCUT2D eigenvalue weighted by molar-refractivity contribution is 0.190. The molecule has 1 fully saturated rings. The molecule has 0 spiro atoms. The summed E-state index contributed by atoms with van der Waals surface area (Å²) in [5, 5.41) is 7.53. The molecular weight excluding hydrogens is 280 g/mol. The first-order valence-corrected chi connectivity index (χ1v) is 7.66. The highest BCUT2D eigenvalue weighted by Crippen LogP contribution is 2.30. The first-order chi connectivity index (χ1) is 10.6. The van der Waals surface area contributed by atoms with E-state index in [1.54, 1.807) is 0 Å². The highest BCUT2D eigenvalue weighted by molar-refractivity contribution is 5.62. The number of hydrogen-bond donors (Lipinski definition) is 1. The number of rotatable bonds is 4. The van der Waals surface area contributed by atoms with Gasteiger partial charge in [0.1, 0.15) is 5.75 Å². The zero-order valence-electron chi connectivity index (χ0n) is 13.2. The van der Waals surface area contributed by atoms with Crippen LogP contribution >= 0.6 is 0 Å². The van der Waals surface area contributed by atoms with Crippen molar-refractivity contribution in [2.75, 3.05) is 26.7 Å². The number of aromatic nitrogens is 2. The average molecular weight is 302 g/mol. The molecule has 1 N–H and O–H groups in total. The van der Waals surface area contributed by atoms with Crippen molar-refractivity contribution >= 4 is 0 Å². The Bertz CT molecular complexity index is 626. The molecule has 22 heavy (non-hydrogen) atoms. The van der Waals surface area contributed by atoms with Crippen LogP contribution in [0.4, 0.5) is 0 Å². The van der Waals surface area contributed by atoms with Crippen LogP contribution in [-0.2, 0) is 0 Å². The molecule has 0 bridgehead atoms. The van der Waals surface area contributed by atoms with Gasteiger partial charge in [-0.1, -0.05) is 17.3 Å². The van der Waals surface area contributed by atoms with Crippen LogP contribution in [0.1, 0.15) is 25.7 Å². The Hall–Kier alpha value is -1.92. The van der Waals surface area contributed by atoms with Crippen LogP contribution in [0.3, 0.4) is 0 Å². The van der Waals surface area contributed by atoms with Crippen molar-refractivity contribution in [2.45, 2.75) is 26.0 Å². The number of nitrogens with one attached hydrogen (secondary N) is 1. The third-order valence-corrected chi connectivity index (χ3v) is 3.73. The second kappa shape index (κ2) is 6.46. The summed E-state index contributed by atoms with van der Waals surface area (Å²) in [6.45, 7) is 6.79. The van der Waals surface area contributed by atoms with E-state index in [-0.39, 0.29) is 12.1 Å². The van der Waals surface area contributed by atoms with Crippen LogP contribution in [0.5, 0.6) is 5.75 Å². The Kier molecular flexibility index (Phi) is 4.40. The van der Waals surface area contributed by atoms with Crippen molar-refractivity contribution in [2.24, 2.45) is 0 Å². The van der Waals surface area contributed by atoms with E-state index in [4.69, 9.17) is 9.26 Å². The average Bonchev–Trinajstić information content (AvgIpc) is 2.97. The maximum absolute atomic E-state index is 5.83. The first-order valence-electron chi connectivity index (χ1n) is 7.66. The molecule has 1 atom stereocenters. The van der Waals surface area contributed by atoms with E-state index in [0.717, 1.165) is 30.9 Å². The molecule has 6 nitrogen and oxygen atoms in total. The van der Waals surface area contributed by atoms with E-state index < -0.39 is 0 Å². The summed E-state index contributed by atoms with van der Waals surface area (Å²) in [7, 11) is 2.08. The van der Waals surface area contributed by atoms with Crippen molar-refractivity contribution in [1.82, 2.24) is 20.4 Å². The predicted octanol–water partition coefficient (Wildman–Crippen LogP) is 2.10. The molecule has 118 valence electrons. The smallest absolute Gasteiger partial charge is 0.261 e. The molecule has 3 rings (SSSR count). The normalized spacial score (nSPS) is 19.5. The largest absolute Gasteiger partial charge is 0.490 e. The van der Waals surface area contributed by atoms with Gasteiger partial charge in [-0.2, -0.15) is 4.98 Å². The molecule has 1 aliphatic rings.